The fraction of sp³-hybridized carbons (Fsp3) is 0.269. The third-order valence-electron chi connectivity index (χ3n) is 5.08. The van der Waals surface area contributed by atoms with Gasteiger partial charge < -0.3 is 5.11 Å². The molecule has 1 atom stereocenters. The fourth-order valence-corrected chi connectivity index (χ4v) is 5.06. The van der Waals surface area contributed by atoms with E-state index in [1.165, 1.54) is 0 Å². The quantitative estimate of drug-likeness (QED) is 0.430. The van der Waals surface area contributed by atoms with Gasteiger partial charge in [0.15, 0.2) is 0 Å². The molecule has 5 nitrogen and oxygen atoms in total. The van der Waals surface area contributed by atoms with Crippen molar-refractivity contribution in [3.63, 3.8) is 0 Å². The van der Waals surface area contributed by atoms with Crippen LogP contribution in [0.1, 0.15) is 43.0 Å². The summed E-state index contributed by atoms with van der Waals surface area (Å²) >= 11 is 0. The Hall–Kier alpha value is -2.96. The van der Waals surface area contributed by atoms with E-state index in [-0.39, 0.29) is 17.4 Å². The van der Waals surface area contributed by atoms with Crippen LogP contribution in [0, 0.1) is 5.92 Å². The SMILES string of the molecule is CC(C)CC(CS(=O)(=O)NC(c1ccccc1)c1ccccc1)N=Cc1ccccc1O. The molecular formula is C26H30N2O3S. The van der Waals surface area contributed by atoms with Gasteiger partial charge in [0.1, 0.15) is 5.75 Å². The highest BCUT2D eigenvalue weighted by Crippen LogP contribution is 2.23. The van der Waals surface area contributed by atoms with Crippen LogP contribution in [0.4, 0.5) is 0 Å². The average Bonchev–Trinajstić information content (AvgIpc) is 2.77. The Kier molecular flexibility index (Phi) is 8.20. The van der Waals surface area contributed by atoms with Crippen LogP contribution in [-0.4, -0.2) is 31.5 Å². The first kappa shape index (κ1) is 23.7. The van der Waals surface area contributed by atoms with Gasteiger partial charge in [-0.25, -0.2) is 13.1 Å². The molecule has 3 rings (SSSR count). The van der Waals surface area contributed by atoms with Gasteiger partial charge in [-0.05, 0) is 35.6 Å². The molecule has 0 aliphatic heterocycles. The monoisotopic (exact) mass is 450 g/mol. The maximum Gasteiger partial charge on any atom is 0.214 e. The second kappa shape index (κ2) is 11.1. The average molecular weight is 451 g/mol. The van der Waals surface area contributed by atoms with Crippen molar-refractivity contribution in [3.05, 3.63) is 102 Å². The predicted octanol–water partition coefficient (Wildman–Crippen LogP) is 4.93. The smallest absolute Gasteiger partial charge is 0.214 e. The summed E-state index contributed by atoms with van der Waals surface area (Å²) in [5, 5.41) is 9.99. The van der Waals surface area contributed by atoms with Gasteiger partial charge in [0.25, 0.3) is 0 Å². The van der Waals surface area contributed by atoms with E-state index in [9.17, 15) is 13.5 Å². The Labute approximate surface area is 190 Å². The molecule has 0 heterocycles. The summed E-state index contributed by atoms with van der Waals surface area (Å²) in [5.41, 5.74) is 2.32. The highest BCUT2D eigenvalue weighted by molar-refractivity contribution is 7.89. The lowest BCUT2D eigenvalue weighted by Gasteiger charge is -2.22. The number of nitrogens with one attached hydrogen (secondary N) is 1. The molecule has 0 spiro atoms. The minimum atomic E-state index is -3.66. The zero-order valence-electron chi connectivity index (χ0n) is 18.4. The Balaban J connectivity index is 1.83. The lowest BCUT2D eigenvalue weighted by molar-refractivity contribution is 0.474. The molecule has 0 aliphatic carbocycles. The van der Waals surface area contributed by atoms with Gasteiger partial charge in [-0.15, -0.1) is 0 Å². The first-order valence-corrected chi connectivity index (χ1v) is 12.4. The van der Waals surface area contributed by atoms with Crippen LogP contribution in [0.5, 0.6) is 5.75 Å². The molecule has 3 aromatic carbocycles. The number of aromatic hydroxyl groups is 1. The molecule has 0 saturated heterocycles. The number of nitrogens with zero attached hydrogens (tertiary/aromatic N) is 1. The van der Waals surface area contributed by atoms with Crippen molar-refractivity contribution in [1.29, 1.82) is 0 Å². The van der Waals surface area contributed by atoms with Crippen LogP contribution < -0.4 is 4.72 Å². The number of rotatable bonds is 10. The molecule has 0 bridgehead atoms. The number of para-hydroxylation sites is 1. The Bertz CT molecular complexity index is 1070. The molecule has 1 unspecified atom stereocenters. The number of benzene rings is 3. The van der Waals surface area contributed by atoms with Crippen LogP contribution in [0.15, 0.2) is 89.9 Å². The number of phenolic OH excluding ortho intramolecular Hbond substituents is 1. The Morgan fingerprint density at radius 3 is 1.94 bits per heavy atom. The van der Waals surface area contributed by atoms with Crippen molar-refractivity contribution < 1.29 is 13.5 Å². The summed E-state index contributed by atoms with van der Waals surface area (Å²) in [6, 6.07) is 25.1. The summed E-state index contributed by atoms with van der Waals surface area (Å²) < 4.78 is 29.3. The normalized spacial score (nSPS) is 13.1. The lowest BCUT2D eigenvalue weighted by Crippen LogP contribution is -2.35. The molecule has 6 heteroatoms. The van der Waals surface area contributed by atoms with E-state index < -0.39 is 22.1 Å². The highest BCUT2D eigenvalue weighted by Gasteiger charge is 2.25. The second-order valence-corrected chi connectivity index (χ2v) is 10.1. The van der Waals surface area contributed by atoms with Gasteiger partial charge in [0, 0.05) is 11.8 Å². The minimum Gasteiger partial charge on any atom is -0.507 e. The largest absolute Gasteiger partial charge is 0.507 e. The molecule has 0 aliphatic rings. The summed E-state index contributed by atoms with van der Waals surface area (Å²) in [7, 11) is -3.66. The van der Waals surface area contributed by atoms with Crippen molar-refractivity contribution >= 4 is 16.2 Å². The van der Waals surface area contributed by atoms with Crippen LogP contribution in [-0.2, 0) is 10.0 Å². The summed E-state index contributed by atoms with van der Waals surface area (Å²) in [6.07, 6.45) is 2.18. The molecule has 0 radical (unpaired) electrons. The molecule has 0 amide bonds. The predicted molar refractivity (Wildman–Crippen MR) is 131 cm³/mol. The van der Waals surface area contributed by atoms with Gasteiger partial charge in [0.05, 0.1) is 17.8 Å². The van der Waals surface area contributed by atoms with Gasteiger partial charge >= 0.3 is 0 Å². The Morgan fingerprint density at radius 1 is 0.875 bits per heavy atom. The molecule has 0 aromatic heterocycles. The van der Waals surface area contributed by atoms with Crippen molar-refractivity contribution in [2.75, 3.05) is 5.75 Å². The zero-order chi connectivity index (χ0) is 23.0. The number of sulfonamides is 1. The van der Waals surface area contributed by atoms with Crippen LogP contribution >= 0.6 is 0 Å². The molecule has 0 saturated carbocycles. The van der Waals surface area contributed by atoms with Crippen molar-refractivity contribution in [3.8, 4) is 5.75 Å². The molecule has 0 fully saturated rings. The Morgan fingerprint density at radius 2 is 1.41 bits per heavy atom. The van der Waals surface area contributed by atoms with Gasteiger partial charge in [0.2, 0.25) is 10.0 Å². The van der Waals surface area contributed by atoms with Crippen LogP contribution in [0.2, 0.25) is 0 Å². The third-order valence-corrected chi connectivity index (χ3v) is 6.50. The van der Waals surface area contributed by atoms with Crippen molar-refractivity contribution in [1.82, 2.24) is 4.72 Å². The number of aliphatic imine (C=N–C) groups is 1. The topological polar surface area (TPSA) is 78.8 Å². The van der Waals surface area contributed by atoms with E-state index in [1.807, 2.05) is 74.5 Å². The molecule has 32 heavy (non-hydrogen) atoms. The number of phenols is 1. The minimum absolute atomic E-state index is 0.119. The van der Waals surface area contributed by atoms with E-state index in [0.717, 1.165) is 11.1 Å². The van der Waals surface area contributed by atoms with E-state index in [1.54, 1.807) is 30.5 Å². The van der Waals surface area contributed by atoms with Crippen LogP contribution in [0.25, 0.3) is 0 Å². The van der Waals surface area contributed by atoms with E-state index >= 15 is 0 Å². The maximum absolute atomic E-state index is 13.2. The summed E-state index contributed by atoms with van der Waals surface area (Å²) in [6.45, 7) is 4.08. The first-order valence-electron chi connectivity index (χ1n) is 10.7. The maximum atomic E-state index is 13.2. The third kappa shape index (κ3) is 7.04. The van der Waals surface area contributed by atoms with Gasteiger partial charge in [-0.3, -0.25) is 4.99 Å². The summed E-state index contributed by atoms with van der Waals surface area (Å²) in [5.74, 6) is 0.260. The molecule has 3 aromatic rings. The van der Waals surface area contributed by atoms with E-state index in [4.69, 9.17) is 0 Å². The fourth-order valence-electron chi connectivity index (χ4n) is 3.60. The standard InChI is InChI=1S/C26H30N2O3S/c1-20(2)17-24(27-18-23-15-9-10-16-25(23)29)19-32(30,31)28-26(21-11-5-3-6-12-21)22-13-7-4-8-14-22/h3-16,18,20,24,26,28-29H,17,19H2,1-2H3. The van der Waals surface area contributed by atoms with Crippen LogP contribution in [0.3, 0.4) is 0 Å². The van der Waals surface area contributed by atoms with Crippen molar-refractivity contribution in [2.45, 2.75) is 32.4 Å². The second-order valence-electron chi connectivity index (χ2n) is 8.27. The van der Waals surface area contributed by atoms with E-state index in [0.29, 0.717) is 12.0 Å². The number of hydrogen-bond donors (Lipinski definition) is 2. The van der Waals surface area contributed by atoms with Crippen molar-refractivity contribution in [2.24, 2.45) is 10.9 Å². The van der Waals surface area contributed by atoms with Gasteiger partial charge in [-0.2, -0.15) is 0 Å². The highest BCUT2D eigenvalue weighted by atomic mass is 32.2. The van der Waals surface area contributed by atoms with Gasteiger partial charge in [-0.1, -0.05) is 86.6 Å². The van der Waals surface area contributed by atoms with E-state index in [2.05, 4.69) is 9.71 Å². The molecule has 2 N–H and O–H groups in total. The molecular weight excluding hydrogens is 420 g/mol. The zero-order valence-corrected chi connectivity index (χ0v) is 19.2. The number of hydrogen-bond acceptors (Lipinski definition) is 4. The molecule has 168 valence electrons. The first-order chi connectivity index (χ1) is 15.3. The lowest BCUT2D eigenvalue weighted by atomic mass is 10.00. The summed E-state index contributed by atoms with van der Waals surface area (Å²) in [4.78, 5) is 4.53.